The van der Waals surface area contributed by atoms with E-state index in [1.54, 1.807) is 0 Å². The van der Waals surface area contributed by atoms with Gasteiger partial charge in [-0.3, -0.25) is 0 Å². The van der Waals surface area contributed by atoms with Crippen LogP contribution in [0.1, 0.15) is 5.56 Å². The number of benzene rings is 1. The fourth-order valence-corrected chi connectivity index (χ4v) is 1.51. The van der Waals surface area contributed by atoms with Crippen LogP contribution in [0, 0.1) is 0 Å². The summed E-state index contributed by atoms with van der Waals surface area (Å²) in [5, 5.41) is 9.31. The molecule has 0 saturated heterocycles. The molecule has 1 rings (SSSR count). The molecule has 0 bridgehead atoms. The van der Waals surface area contributed by atoms with E-state index in [4.69, 9.17) is 18.9 Å². The molecule has 1 atom stereocenters. The molecule has 1 aromatic carbocycles. The van der Waals surface area contributed by atoms with E-state index in [0.29, 0.717) is 6.61 Å². The highest BCUT2D eigenvalue weighted by molar-refractivity contribution is 5.97. The molecule has 0 spiro atoms. The van der Waals surface area contributed by atoms with Crippen molar-refractivity contribution >= 4 is 14.0 Å². The van der Waals surface area contributed by atoms with E-state index in [2.05, 4.69) is 0 Å². The number of aliphatic hydroxyl groups is 1. The Bertz CT molecular complexity index is 386. The van der Waals surface area contributed by atoms with Gasteiger partial charge in [-0.2, -0.15) is 0 Å². The van der Waals surface area contributed by atoms with Crippen molar-refractivity contribution in [1.29, 1.82) is 0 Å². The summed E-state index contributed by atoms with van der Waals surface area (Å²) in [6, 6.07) is 9.43. The van der Waals surface area contributed by atoms with Crippen molar-refractivity contribution in [3.8, 4) is 0 Å². The molecular formula is C14H21BO6. The molecule has 0 heterocycles. The third-order valence-electron chi connectivity index (χ3n) is 2.50. The van der Waals surface area contributed by atoms with E-state index in [9.17, 15) is 9.90 Å². The minimum atomic E-state index is -0.647. The number of esters is 1. The van der Waals surface area contributed by atoms with Gasteiger partial charge < -0.3 is 24.0 Å². The predicted octanol–water partition coefficient (Wildman–Crippen LogP) is -0.311. The first-order valence-electron chi connectivity index (χ1n) is 6.74. The first-order valence-corrected chi connectivity index (χ1v) is 6.74. The summed E-state index contributed by atoms with van der Waals surface area (Å²) < 4.78 is 20.1. The third kappa shape index (κ3) is 9.20. The standard InChI is InChI=1S/C14H21BO6/c15-21-10-13(16)9-18-6-7-19-11-14(17)20-8-12-4-2-1-3-5-12/h1-5,13,16H,6-11,15H2. The van der Waals surface area contributed by atoms with Crippen molar-refractivity contribution < 1.29 is 28.8 Å². The number of hydrogen-bond acceptors (Lipinski definition) is 6. The van der Waals surface area contributed by atoms with Crippen LogP contribution in [0.2, 0.25) is 0 Å². The van der Waals surface area contributed by atoms with Gasteiger partial charge in [0.1, 0.15) is 13.2 Å². The Labute approximate surface area is 125 Å². The molecule has 0 aliphatic heterocycles. The third-order valence-corrected chi connectivity index (χ3v) is 2.50. The number of carbonyl (C=O) groups excluding carboxylic acids is 1. The second-order valence-corrected chi connectivity index (χ2v) is 4.38. The van der Waals surface area contributed by atoms with Crippen molar-refractivity contribution in [2.75, 3.05) is 33.0 Å². The number of ether oxygens (including phenoxy) is 3. The number of aliphatic hydroxyl groups excluding tert-OH is 1. The maximum atomic E-state index is 11.4. The second-order valence-electron chi connectivity index (χ2n) is 4.38. The topological polar surface area (TPSA) is 74.2 Å². The molecule has 7 heteroatoms. The fourth-order valence-electron chi connectivity index (χ4n) is 1.51. The Kier molecular flexibility index (Phi) is 9.47. The average molecular weight is 296 g/mol. The highest BCUT2D eigenvalue weighted by atomic mass is 16.6. The van der Waals surface area contributed by atoms with Crippen LogP contribution in [-0.2, 0) is 30.3 Å². The lowest BCUT2D eigenvalue weighted by atomic mass is 10.2. The minimum Gasteiger partial charge on any atom is -0.459 e. The van der Waals surface area contributed by atoms with E-state index in [1.165, 1.54) is 8.05 Å². The van der Waals surface area contributed by atoms with Gasteiger partial charge in [-0.15, -0.1) is 0 Å². The predicted molar refractivity (Wildman–Crippen MR) is 78.4 cm³/mol. The maximum absolute atomic E-state index is 11.4. The van der Waals surface area contributed by atoms with Crippen molar-refractivity contribution in [2.45, 2.75) is 12.7 Å². The Morgan fingerprint density at radius 1 is 1.14 bits per heavy atom. The van der Waals surface area contributed by atoms with Gasteiger partial charge in [0.15, 0.2) is 0 Å². The second kappa shape index (κ2) is 11.3. The first kappa shape index (κ1) is 17.6. The maximum Gasteiger partial charge on any atom is 0.332 e. The van der Waals surface area contributed by atoms with Crippen molar-refractivity contribution in [1.82, 2.24) is 0 Å². The van der Waals surface area contributed by atoms with E-state index in [-0.39, 0.29) is 33.0 Å². The van der Waals surface area contributed by atoms with Crippen molar-refractivity contribution in [2.24, 2.45) is 0 Å². The lowest BCUT2D eigenvalue weighted by Gasteiger charge is -2.10. The lowest BCUT2D eigenvalue weighted by Crippen LogP contribution is -2.22. The molecule has 1 unspecified atom stereocenters. The quantitative estimate of drug-likeness (QED) is 0.343. The highest BCUT2D eigenvalue weighted by Crippen LogP contribution is 2.00. The summed E-state index contributed by atoms with van der Waals surface area (Å²) in [7, 11) is 1.51. The van der Waals surface area contributed by atoms with Gasteiger partial charge in [-0.1, -0.05) is 30.3 Å². The largest absolute Gasteiger partial charge is 0.459 e. The molecule has 0 aliphatic rings. The summed E-state index contributed by atoms with van der Waals surface area (Å²) in [5.41, 5.74) is 0.932. The van der Waals surface area contributed by atoms with Gasteiger partial charge in [0.25, 0.3) is 8.05 Å². The molecule has 1 N–H and O–H groups in total. The Hall–Kier alpha value is -1.41. The smallest absolute Gasteiger partial charge is 0.332 e. The fraction of sp³-hybridized carbons (Fsp3) is 0.500. The molecule has 1 aromatic rings. The summed E-state index contributed by atoms with van der Waals surface area (Å²) in [6.45, 7) is 1.09. The Morgan fingerprint density at radius 2 is 1.86 bits per heavy atom. The summed E-state index contributed by atoms with van der Waals surface area (Å²) in [6.07, 6.45) is -0.647. The van der Waals surface area contributed by atoms with Crippen LogP contribution in [0.3, 0.4) is 0 Å². The highest BCUT2D eigenvalue weighted by Gasteiger charge is 2.05. The molecule has 116 valence electrons. The summed E-state index contributed by atoms with van der Waals surface area (Å²) in [5.74, 6) is -0.418. The van der Waals surface area contributed by atoms with Gasteiger partial charge in [0.05, 0.1) is 32.5 Å². The average Bonchev–Trinajstić information content (AvgIpc) is 2.50. The molecule has 0 aromatic heterocycles. The zero-order valence-corrected chi connectivity index (χ0v) is 12.2. The van der Waals surface area contributed by atoms with Gasteiger partial charge >= 0.3 is 5.97 Å². The van der Waals surface area contributed by atoms with Gasteiger partial charge in [0.2, 0.25) is 0 Å². The molecule has 0 aliphatic carbocycles. The van der Waals surface area contributed by atoms with Crippen molar-refractivity contribution in [3.05, 3.63) is 35.9 Å². The Balaban J connectivity index is 1.96. The minimum absolute atomic E-state index is 0.114. The van der Waals surface area contributed by atoms with E-state index in [0.717, 1.165) is 5.56 Å². The number of hydrogen-bond donors (Lipinski definition) is 1. The summed E-state index contributed by atoms with van der Waals surface area (Å²) >= 11 is 0. The molecule has 0 saturated carbocycles. The monoisotopic (exact) mass is 296 g/mol. The molecule has 0 fully saturated rings. The Morgan fingerprint density at radius 3 is 2.57 bits per heavy atom. The number of carbonyl (C=O) groups is 1. The van der Waals surface area contributed by atoms with E-state index < -0.39 is 12.1 Å². The molecule has 6 nitrogen and oxygen atoms in total. The first-order chi connectivity index (χ1) is 10.2. The number of rotatable bonds is 11. The van der Waals surface area contributed by atoms with Crippen LogP contribution in [0.25, 0.3) is 0 Å². The molecule has 21 heavy (non-hydrogen) atoms. The van der Waals surface area contributed by atoms with Crippen LogP contribution in [0.15, 0.2) is 30.3 Å². The van der Waals surface area contributed by atoms with Crippen LogP contribution in [0.5, 0.6) is 0 Å². The molecule has 0 amide bonds. The van der Waals surface area contributed by atoms with Gasteiger partial charge in [-0.05, 0) is 5.56 Å². The SMILES string of the molecule is BOCC(O)COCCOCC(=O)OCc1ccccc1. The zero-order chi connectivity index (χ0) is 15.3. The molecular weight excluding hydrogens is 275 g/mol. The molecule has 0 radical (unpaired) electrons. The normalized spacial score (nSPS) is 12.0. The van der Waals surface area contributed by atoms with Crippen molar-refractivity contribution in [3.63, 3.8) is 0 Å². The summed E-state index contributed by atoms with van der Waals surface area (Å²) in [4.78, 5) is 11.4. The zero-order valence-electron chi connectivity index (χ0n) is 12.2. The van der Waals surface area contributed by atoms with Crippen LogP contribution in [-0.4, -0.2) is 58.3 Å². The van der Waals surface area contributed by atoms with E-state index >= 15 is 0 Å². The van der Waals surface area contributed by atoms with Crippen LogP contribution >= 0.6 is 0 Å². The van der Waals surface area contributed by atoms with Gasteiger partial charge in [-0.25, -0.2) is 4.79 Å². The lowest BCUT2D eigenvalue weighted by molar-refractivity contribution is -0.150. The van der Waals surface area contributed by atoms with Gasteiger partial charge in [0, 0.05) is 0 Å². The van der Waals surface area contributed by atoms with E-state index in [1.807, 2.05) is 30.3 Å². The van der Waals surface area contributed by atoms with Crippen LogP contribution < -0.4 is 0 Å². The van der Waals surface area contributed by atoms with Crippen LogP contribution in [0.4, 0.5) is 0 Å².